The topological polar surface area (TPSA) is 55.4 Å². The van der Waals surface area contributed by atoms with Crippen molar-refractivity contribution in [1.29, 1.82) is 0 Å². The third-order valence-corrected chi connectivity index (χ3v) is 11.6. The molecule has 340 valence electrons. The lowest BCUT2D eigenvalue weighted by molar-refractivity contribution is -0.00577. The molecule has 0 heterocycles. The molecule has 0 atom stereocenters. The normalized spacial score (nSPS) is 17.3. The number of unbranched alkanes of at least 4 members (excludes halogenated alkanes) is 18. The summed E-state index contributed by atoms with van der Waals surface area (Å²) >= 11 is 0. The second-order valence-electron chi connectivity index (χ2n) is 17.0. The maximum absolute atomic E-state index is 7.11. The van der Waals surface area contributed by atoms with Crippen molar-refractivity contribution in [2.24, 2.45) is 0 Å². The van der Waals surface area contributed by atoms with Gasteiger partial charge in [0.25, 0.3) is 0 Å². The summed E-state index contributed by atoms with van der Waals surface area (Å²) < 4.78 is 40.4. The van der Waals surface area contributed by atoms with Crippen molar-refractivity contribution in [3.63, 3.8) is 0 Å². The van der Waals surface area contributed by atoms with E-state index in [4.69, 9.17) is 28.4 Å². The lowest BCUT2D eigenvalue weighted by Crippen LogP contribution is -2.35. The van der Waals surface area contributed by atoms with Crippen LogP contribution in [0.4, 0.5) is 0 Å². The van der Waals surface area contributed by atoms with Crippen LogP contribution in [-0.4, -0.2) is 39.6 Å². The van der Waals surface area contributed by atoms with Gasteiger partial charge in [0.05, 0.1) is 26.4 Å². The summed E-state index contributed by atoms with van der Waals surface area (Å²) in [5.41, 5.74) is 0.187. The lowest BCUT2D eigenvalue weighted by Gasteiger charge is -2.39. The van der Waals surface area contributed by atoms with Gasteiger partial charge in [-0.15, -0.1) is 0 Å². The minimum Gasteiger partial charge on any atom is -0.494 e. The second-order valence-corrected chi connectivity index (χ2v) is 17.0. The first-order valence-corrected chi connectivity index (χ1v) is 25.0. The van der Waals surface area contributed by atoms with E-state index in [1.165, 1.54) is 89.9 Å². The molecule has 0 radical (unpaired) electrons. The third-order valence-electron chi connectivity index (χ3n) is 11.6. The molecule has 1 aliphatic rings. The smallest absolute Gasteiger partial charge is 0.133 e. The van der Waals surface area contributed by atoms with Gasteiger partial charge in [0.15, 0.2) is 0 Å². The molecule has 0 amide bonds. The van der Waals surface area contributed by atoms with Crippen molar-refractivity contribution in [2.75, 3.05) is 39.6 Å². The Morgan fingerprint density at radius 2 is 0.600 bits per heavy atom. The molecule has 0 saturated heterocycles. The van der Waals surface area contributed by atoms with Crippen LogP contribution in [0.3, 0.4) is 0 Å². The van der Waals surface area contributed by atoms with E-state index >= 15 is 0 Å². The highest BCUT2D eigenvalue weighted by Gasteiger charge is 2.41. The summed E-state index contributed by atoms with van der Waals surface area (Å²) in [5.74, 6) is 3.38. The number of hydrogen-bond acceptors (Lipinski definition) is 6. The number of benzene rings is 2. The van der Waals surface area contributed by atoms with Gasteiger partial charge in [-0.2, -0.15) is 0 Å². The van der Waals surface area contributed by atoms with Gasteiger partial charge in [-0.05, 0) is 99.2 Å². The van der Waals surface area contributed by atoms with E-state index in [1.54, 1.807) is 0 Å². The highest BCUT2D eigenvalue weighted by Crippen LogP contribution is 2.47. The first kappa shape index (κ1) is 51.4. The second kappa shape index (κ2) is 31.8. The van der Waals surface area contributed by atoms with E-state index < -0.39 is 11.2 Å². The Kier molecular flexibility index (Phi) is 27.3. The molecule has 2 aromatic rings. The molecular formula is C54H88O6. The summed E-state index contributed by atoms with van der Waals surface area (Å²) in [6.45, 7) is 17.5. The highest BCUT2D eigenvalue weighted by molar-refractivity contribution is 5.54. The van der Waals surface area contributed by atoms with Gasteiger partial charge in [0.2, 0.25) is 0 Å². The van der Waals surface area contributed by atoms with E-state index in [-0.39, 0.29) is 0 Å². The molecule has 0 aromatic heterocycles. The molecule has 0 saturated carbocycles. The van der Waals surface area contributed by atoms with Crippen molar-refractivity contribution in [3.8, 4) is 23.0 Å². The van der Waals surface area contributed by atoms with Crippen LogP contribution in [0, 0.1) is 0 Å². The van der Waals surface area contributed by atoms with Gasteiger partial charge in [-0.25, -0.2) is 0 Å². The quantitative estimate of drug-likeness (QED) is 0.0496. The first-order valence-electron chi connectivity index (χ1n) is 25.0. The van der Waals surface area contributed by atoms with Crippen molar-refractivity contribution in [3.05, 3.63) is 71.8 Å². The monoisotopic (exact) mass is 833 g/mol. The molecule has 3 rings (SSSR count). The van der Waals surface area contributed by atoms with Crippen LogP contribution in [0.2, 0.25) is 0 Å². The fourth-order valence-corrected chi connectivity index (χ4v) is 7.77. The highest BCUT2D eigenvalue weighted by atomic mass is 16.5. The van der Waals surface area contributed by atoms with Gasteiger partial charge in [-0.3, -0.25) is 0 Å². The van der Waals surface area contributed by atoms with Crippen LogP contribution in [0.1, 0.15) is 207 Å². The van der Waals surface area contributed by atoms with Crippen molar-refractivity contribution >= 4 is 0 Å². The van der Waals surface area contributed by atoms with Crippen LogP contribution in [0.5, 0.6) is 23.0 Å². The van der Waals surface area contributed by atoms with Crippen LogP contribution >= 0.6 is 0 Å². The van der Waals surface area contributed by atoms with Gasteiger partial charge < -0.3 is 28.4 Å². The predicted molar refractivity (Wildman–Crippen MR) is 253 cm³/mol. The summed E-state index contributed by atoms with van der Waals surface area (Å²) in [4.78, 5) is 0. The molecule has 0 spiro atoms. The van der Waals surface area contributed by atoms with Crippen LogP contribution in [0.25, 0.3) is 0 Å². The summed E-state index contributed by atoms with van der Waals surface area (Å²) in [6, 6.07) is 12.7. The molecule has 60 heavy (non-hydrogen) atoms. The van der Waals surface area contributed by atoms with E-state index in [0.29, 0.717) is 39.6 Å². The molecule has 0 fully saturated rings. The lowest BCUT2D eigenvalue weighted by atomic mass is 9.80. The van der Waals surface area contributed by atoms with Crippen molar-refractivity contribution in [1.82, 2.24) is 0 Å². The first-order chi connectivity index (χ1) is 29.5. The number of rotatable bonds is 38. The Balaban J connectivity index is 2.14. The van der Waals surface area contributed by atoms with E-state index in [1.807, 2.05) is 0 Å². The van der Waals surface area contributed by atoms with Crippen LogP contribution in [0.15, 0.2) is 60.7 Å². The Hall–Kier alpha value is -2.96. The molecule has 1 aliphatic carbocycles. The Labute approximate surface area is 368 Å². The Morgan fingerprint density at radius 1 is 0.317 bits per heavy atom. The summed E-state index contributed by atoms with van der Waals surface area (Å²) in [6.07, 6.45) is 36.4. The fourth-order valence-electron chi connectivity index (χ4n) is 7.77. The number of hydrogen-bond donors (Lipinski definition) is 0. The van der Waals surface area contributed by atoms with E-state index in [0.717, 1.165) is 98.3 Å². The maximum atomic E-state index is 7.11. The molecule has 6 nitrogen and oxygen atoms in total. The SMILES string of the molecule is CCCCCCOc1ccc(OCCCCCC)c(C2(OCCCCCC)C=CC(OCCCCCC)(c3cc(OCCCCCC)ccc3OCCCCCC)C=C2)c1. The zero-order chi connectivity index (χ0) is 43.0. The van der Waals surface area contributed by atoms with Gasteiger partial charge in [0.1, 0.15) is 34.2 Å². The van der Waals surface area contributed by atoms with Gasteiger partial charge >= 0.3 is 0 Å². The third kappa shape index (κ3) is 18.6. The molecular weight excluding hydrogens is 745 g/mol. The standard InChI is InChI=1S/C54H88O6/c1-7-13-19-25-39-55-47-31-33-51(57-41-27-21-15-9-3)49(45-47)53(59-43-29-23-17-11-5)35-37-54(38-36-53,60-44-30-24-18-12-6)50-46-48(56-40-26-20-14-8-2)32-34-52(50)58-42-28-22-16-10-4/h31-38,45-46H,7-30,39-44H2,1-6H3. The maximum Gasteiger partial charge on any atom is 0.133 e. The largest absolute Gasteiger partial charge is 0.494 e. The Morgan fingerprint density at radius 3 is 0.900 bits per heavy atom. The minimum absolute atomic E-state index is 0.630. The summed E-state index contributed by atoms with van der Waals surface area (Å²) in [5, 5.41) is 0. The summed E-state index contributed by atoms with van der Waals surface area (Å²) in [7, 11) is 0. The number of ether oxygens (including phenoxy) is 6. The molecule has 0 N–H and O–H groups in total. The zero-order valence-electron chi connectivity index (χ0n) is 39.4. The minimum atomic E-state index is -0.879. The van der Waals surface area contributed by atoms with E-state index in [2.05, 4.69) is 102 Å². The average molecular weight is 833 g/mol. The van der Waals surface area contributed by atoms with Crippen molar-refractivity contribution in [2.45, 2.75) is 207 Å². The van der Waals surface area contributed by atoms with E-state index in [9.17, 15) is 0 Å². The van der Waals surface area contributed by atoms with Gasteiger partial charge in [-0.1, -0.05) is 157 Å². The zero-order valence-corrected chi connectivity index (χ0v) is 39.4. The Bertz CT molecular complexity index is 1310. The molecule has 2 aromatic carbocycles. The van der Waals surface area contributed by atoms with Gasteiger partial charge in [0, 0.05) is 24.3 Å². The van der Waals surface area contributed by atoms with Crippen LogP contribution in [-0.2, 0) is 20.7 Å². The molecule has 0 unspecified atom stereocenters. The van der Waals surface area contributed by atoms with Crippen LogP contribution < -0.4 is 18.9 Å². The average Bonchev–Trinajstić information content (AvgIpc) is 3.27. The molecule has 0 bridgehead atoms. The predicted octanol–water partition coefficient (Wildman–Crippen LogP) is 15.9. The van der Waals surface area contributed by atoms with Crippen molar-refractivity contribution < 1.29 is 28.4 Å². The molecule has 0 aliphatic heterocycles. The fraction of sp³-hybridized carbons (Fsp3) is 0.704. The molecule has 6 heteroatoms.